The van der Waals surface area contributed by atoms with Crippen molar-refractivity contribution in [1.29, 1.82) is 0 Å². The van der Waals surface area contributed by atoms with E-state index in [2.05, 4.69) is 43.3 Å². The van der Waals surface area contributed by atoms with E-state index in [0.717, 1.165) is 25.0 Å². The fourth-order valence-electron chi connectivity index (χ4n) is 2.33. The normalized spacial score (nSPS) is 10.8. The predicted octanol–water partition coefficient (Wildman–Crippen LogP) is 4.08. The first-order valence-corrected chi connectivity index (χ1v) is 7.43. The van der Waals surface area contributed by atoms with Gasteiger partial charge >= 0.3 is 0 Å². The minimum atomic E-state index is 0.647. The van der Waals surface area contributed by atoms with Crippen LogP contribution in [-0.2, 0) is 19.3 Å². The third-order valence-electron chi connectivity index (χ3n) is 3.31. The van der Waals surface area contributed by atoms with Gasteiger partial charge in [0, 0.05) is 10.9 Å². The van der Waals surface area contributed by atoms with Crippen LogP contribution in [0.3, 0.4) is 0 Å². The number of nitrogen functional groups attached to an aromatic ring is 1. The molecule has 0 spiro atoms. The van der Waals surface area contributed by atoms with Crippen molar-refractivity contribution in [2.75, 3.05) is 5.73 Å². The summed E-state index contributed by atoms with van der Waals surface area (Å²) >= 11 is 1.51. The molecular formula is C15H20N2S. The number of rotatable bonds is 4. The van der Waals surface area contributed by atoms with Crippen LogP contribution in [0.15, 0.2) is 17.5 Å². The molecule has 1 aromatic heterocycles. The van der Waals surface area contributed by atoms with Gasteiger partial charge in [0.2, 0.25) is 0 Å². The minimum absolute atomic E-state index is 0.647. The van der Waals surface area contributed by atoms with Gasteiger partial charge in [-0.15, -0.1) is 11.3 Å². The van der Waals surface area contributed by atoms with Crippen LogP contribution in [0.4, 0.5) is 5.13 Å². The van der Waals surface area contributed by atoms with Crippen LogP contribution in [0, 0.1) is 0 Å². The molecule has 0 atom stereocenters. The van der Waals surface area contributed by atoms with Gasteiger partial charge in [0.1, 0.15) is 0 Å². The van der Waals surface area contributed by atoms with E-state index in [0.29, 0.717) is 5.13 Å². The van der Waals surface area contributed by atoms with Crippen LogP contribution in [0.25, 0.3) is 11.3 Å². The van der Waals surface area contributed by atoms with Gasteiger partial charge in [-0.25, -0.2) is 4.98 Å². The summed E-state index contributed by atoms with van der Waals surface area (Å²) in [7, 11) is 0. The number of nitrogens with zero attached hydrogens (tertiary/aromatic N) is 1. The van der Waals surface area contributed by atoms with Gasteiger partial charge in [0.15, 0.2) is 5.13 Å². The molecule has 0 fully saturated rings. The number of hydrogen-bond acceptors (Lipinski definition) is 3. The Morgan fingerprint density at radius 1 is 1.06 bits per heavy atom. The highest BCUT2D eigenvalue weighted by Crippen LogP contribution is 2.31. The molecule has 1 aromatic carbocycles. The summed E-state index contributed by atoms with van der Waals surface area (Å²) in [4.78, 5) is 4.45. The van der Waals surface area contributed by atoms with E-state index < -0.39 is 0 Å². The molecule has 96 valence electrons. The SMILES string of the molecule is CCc1cc(CC)c(-c2csc(N)n2)c(CC)c1. The zero-order valence-electron chi connectivity index (χ0n) is 11.3. The number of nitrogens with two attached hydrogens (primary N) is 1. The Bertz CT molecular complexity index is 518. The van der Waals surface area contributed by atoms with E-state index in [1.54, 1.807) is 0 Å². The quantitative estimate of drug-likeness (QED) is 0.899. The van der Waals surface area contributed by atoms with E-state index in [4.69, 9.17) is 5.73 Å². The molecule has 3 heteroatoms. The lowest BCUT2D eigenvalue weighted by molar-refractivity contribution is 1.04. The summed E-state index contributed by atoms with van der Waals surface area (Å²) in [5.74, 6) is 0. The predicted molar refractivity (Wildman–Crippen MR) is 80.1 cm³/mol. The van der Waals surface area contributed by atoms with Crippen molar-refractivity contribution >= 4 is 16.5 Å². The van der Waals surface area contributed by atoms with E-state index in [9.17, 15) is 0 Å². The summed E-state index contributed by atoms with van der Waals surface area (Å²) in [5, 5.41) is 2.71. The van der Waals surface area contributed by atoms with Crippen molar-refractivity contribution in [3.8, 4) is 11.3 Å². The summed E-state index contributed by atoms with van der Waals surface area (Å²) in [6.45, 7) is 6.61. The highest BCUT2D eigenvalue weighted by Gasteiger charge is 2.13. The minimum Gasteiger partial charge on any atom is -0.375 e. The Labute approximate surface area is 113 Å². The standard InChI is InChI=1S/C15H20N2S/c1-4-10-7-11(5-2)14(12(6-3)8-10)13-9-18-15(16)17-13/h7-9H,4-6H2,1-3H3,(H2,16,17). The summed E-state index contributed by atoms with van der Waals surface area (Å²) in [5.41, 5.74) is 12.3. The average Bonchev–Trinajstić information content (AvgIpc) is 2.83. The highest BCUT2D eigenvalue weighted by atomic mass is 32.1. The van der Waals surface area contributed by atoms with Gasteiger partial charge in [-0.1, -0.05) is 32.9 Å². The summed E-state index contributed by atoms with van der Waals surface area (Å²) < 4.78 is 0. The van der Waals surface area contributed by atoms with Gasteiger partial charge in [0.05, 0.1) is 5.69 Å². The Kier molecular flexibility index (Phi) is 4.02. The van der Waals surface area contributed by atoms with Crippen LogP contribution in [0.1, 0.15) is 37.5 Å². The Morgan fingerprint density at radius 3 is 2.06 bits per heavy atom. The molecule has 0 amide bonds. The first-order valence-electron chi connectivity index (χ1n) is 6.55. The van der Waals surface area contributed by atoms with Crippen LogP contribution >= 0.6 is 11.3 Å². The lowest BCUT2D eigenvalue weighted by atomic mass is 9.92. The van der Waals surface area contributed by atoms with E-state index in [1.165, 1.54) is 33.6 Å². The smallest absolute Gasteiger partial charge is 0.180 e. The molecular weight excluding hydrogens is 240 g/mol. The van der Waals surface area contributed by atoms with Crippen LogP contribution in [0.2, 0.25) is 0 Å². The monoisotopic (exact) mass is 260 g/mol. The highest BCUT2D eigenvalue weighted by molar-refractivity contribution is 7.13. The number of hydrogen-bond donors (Lipinski definition) is 1. The van der Waals surface area contributed by atoms with E-state index >= 15 is 0 Å². The van der Waals surface area contributed by atoms with Gasteiger partial charge in [-0.3, -0.25) is 0 Å². The number of aryl methyl sites for hydroxylation is 3. The van der Waals surface area contributed by atoms with Gasteiger partial charge in [-0.05, 0) is 36.0 Å². The third-order valence-corrected chi connectivity index (χ3v) is 3.98. The second kappa shape index (κ2) is 5.53. The molecule has 0 aliphatic rings. The van der Waals surface area contributed by atoms with Crippen molar-refractivity contribution in [1.82, 2.24) is 4.98 Å². The van der Waals surface area contributed by atoms with Gasteiger partial charge in [0.25, 0.3) is 0 Å². The topological polar surface area (TPSA) is 38.9 Å². The molecule has 2 aromatic rings. The molecule has 0 aliphatic carbocycles. The Morgan fingerprint density at radius 2 is 1.67 bits per heavy atom. The Hall–Kier alpha value is -1.35. The molecule has 0 unspecified atom stereocenters. The largest absolute Gasteiger partial charge is 0.375 e. The lowest BCUT2D eigenvalue weighted by Crippen LogP contribution is -1.98. The number of aromatic nitrogens is 1. The number of anilines is 1. The summed E-state index contributed by atoms with van der Waals surface area (Å²) in [6, 6.07) is 4.62. The first-order chi connectivity index (χ1) is 8.69. The maximum atomic E-state index is 5.76. The maximum absolute atomic E-state index is 5.76. The van der Waals surface area contributed by atoms with Gasteiger partial charge in [-0.2, -0.15) is 0 Å². The second-order valence-electron chi connectivity index (χ2n) is 4.42. The summed E-state index contributed by atoms with van der Waals surface area (Å²) in [6.07, 6.45) is 3.15. The fraction of sp³-hybridized carbons (Fsp3) is 0.400. The first kappa shape index (κ1) is 13.1. The van der Waals surface area contributed by atoms with Crippen molar-refractivity contribution in [3.63, 3.8) is 0 Å². The third kappa shape index (κ3) is 2.41. The zero-order valence-corrected chi connectivity index (χ0v) is 12.1. The molecule has 2 nitrogen and oxygen atoms in total. The van der Waals surface area contributed by atoms with Crippen molar-refractivity contribution in [2.24, 2.45) is 0 Å². The van der Waals surface area contributed by atoms with E-state index in [1.807, 2.05) is 0 Å². The molecule has 2 N–H and O–H groups in total. The molecule has 0 bridgehead atoms. The average molecular weight is 260 g/mol. The van der Waals surface area contributed by atoms with Crippen LogP contribution in [-0.4, -0.2) is 4.98 Å². The van der Waals surface area contributed by atoms with Crippen LogP contribution in [0.5, 0.6) is 0 Å². The molecule has 1 heterocycles. The maximum Gasteiger partial charge on any atom is 0.180 e. The van der Waals surface area contributed by atoms with Crippen molar-refractivity contribution in [3.05, 3.63) is 34.2 Å². The fourth-order valence-corrected chi connectivity index (χ4v) is 2.89. The second-order valence-corrected chi connectivity index (χ2v) is 5.31. The molecule has 18 heavy (non-hydrogen) atoms. The molecule has 0 saturated carbocycles. The lowest BCUT2D eigenvalue weighted by Gasteiger charge is -2.13. The van der Waals surface area contributed by atoms with Crippen LogP contribution < -0.4 is 5.73 Å². The molecule has 0 aliphatic heterocycles. The zero-order chi connectivity index (χ0) is 13.1. The number of benzene rings is 1. The molecule has 0 saturated heterocycles. The van der Waals surface area contributed by atoms with E-state index in [-0.39, 0.29) is 0 Å². The van der Waals surface area contributed by atoms with Gasteiger partial charge < -0.3 is 5.73 Å². The van der Waals surface area contributed by atoms with Crippen molar-refractivity contribution in [2.45, 2.75) is 40.0 Å². The molecule has 0 radical (unpaired) electrons. The molecule has 2 rings (SSSR count). The number of thiazole rings is 1. The Balaban J connectivity index is 2.63. The van der Waals surface area contributed by atoms with Crippen molar-refractivity contribution < 1.29 is 0 Å².